The molecule has 3 aromatic carbocycles. The Morgan fingerprint density at radius 3 is 2.24 bits per heavy atom. The molecule has 0 radical (unpaired) electrons. The molecule has 4 N–H and O–H groups in total. The number of amides is 2. The van der Waals surface area contributed by atoms with Crippen LogP contribution in [-0.4, -0.2) is 69.3 Å². The maximum atomic E-state index is 14.9. The Bertz CT molecular complexity index is 1420. The van der Waals surface area contributed by atoms with Gasteiger partial charge in [-0.2, -0.15) is 13.2 Å². The van der Waals surface area contributed by atoms with Gasteiger partial charge in [-0.1, -0.05) is 12.1 Å². The number of anilines is 2. The molecular weight excluding hydrogens is 629 g/mol. The normalized spacial score (nSPS) is 17.1. The van der Waals surface area contributed by atoms with E-state index >= 15 is 0 Å². The number of ether oxygens (including phenoxy) is 3. The highest BCUT2D eigenvalue weighted by molar-refractivity contribution is 5.98. The summed E-state index contributed by atoms with van der Waals surface area (Å²) in [5, 5.41) is 9.94. The van der Waals surface area contributed by atoms with E-state index in [1.54, 1.807) is 5.32 Å². The van der Waals surface area contributed by atoms with E-state index in [1.165, 1.54) is 48.5 Å². The predicted molar refractivity (Wildman–Crippen MR) is 151 cm³/mol. The number of nitrogens with one attached hydrogen (secondary N) is 4. The summed E-state index contributed by atoms with van der Waals surface area (Å²) < 4.78 is 109. The highest BCUT2D eigenvalue weighted by Crippen LogP contribution is 2.30. The Labute approximate surface area is 258 Å². The van der Waals surface area contributed by atoms with Gasteiger partial charge >= 0.3 is 12.3 Å². The van der Waals surface area contributed by atoms with Gasteiger partial charge in [0.05, 0.1) is 18.3 Å². The highest BCUT2D eigenvalue weighted by atomic mass is 19.4. The lowest BCUT2D eigenvalue weighted by Gasteiger charge is -2.30. The summed E-state index contributed by atoms with van der Waals surface area (Å²) >= 11 is 0. The molecule has 0 saturated carbocycles. The van der Waals surface area contributed by atoms with Crippen LogP contribution in [0, 0.1) is 23.3 Å². The van der Waals surface area contributed by atoms with Crippen molar-refractivity contribution in [1.29, 1.82) is 0 Å². The number of carbonyl (C=O) groups excluding carboxylic acids is 2. The molecular formula is C30H29F7N4O5. The van der Waals surface area contributed by atoms with Crippen LogP contribution in [0.15, 0.2) is 60.7 Å². The first-order chi connectivity index (χ1) is 21.8. The topological polar surface area (TPSA) is 110 Å². The molecule has 46 heavy (non-hydrogen) atoms. The Morgan fingerprint density at radius 2 is 1.61 bits per heavy atom. The zero-order chi connectivity index (χ0) is 33.3. The number of alkyl carbamates (subject to hydrolysis) is 1. The van der Waals surface area contributed by atoms with Crippen molar-refractivity contribution in [3.05, 3.63) is 89.5 Å². The fraction of sp³-hybridized carbons (Fsp3) is 0.333. The molecule has 0 unspecified atom stereocenters. The fourth-order valence-electron chi connectivity index (χ4n) is 4.29. The minimum atomic E-state index is -4.59. The molecule has 1 fully saturated rings. The van der Waals surface area contributed by atoms with Crippen LogP contribution in [0.1, 0.15) is 5.56 Å². The second kappa shape index (κ2) is 15.6. The first-order valence-corrected chi connectivity index (χ1v) is 13.9. The lowest BCUT2D eigenvalue weighted by molar-refractivity contribution is -0.124. The van der Waals surface area contributed by atoms with Crippen molar-refractivity contribution in [3.8, 4) is 5.75 Å². The van der Waals surface area contributed by atoms with Crippen molar-refractivity contribution in [2.24, 2.45) is 0 Å². The van der Waals surface area contributed by atoms with Crippen molar-refractivity contribution in [2.45, 2.75) is 30.8 Å². The van der Waals surface area contributed by atoms with Gasteiger partial charge in [0.1, 0.15) is 49.4 Å². The van der Waals surface area contributed by atoms with E-state index in [0.717, 1.165) is 6.07 Å². The second-order valence-corrected chi connectivity index (χ2v) is 10.2. The predicted octanol–water partition coefficient (Wildman–Crippen LogP) is 4.93. The zero-order valence-electron chi connectivity index (χ0n) is 23.9. The van der Waals surface area contributed by atoms with Crippen LogP contribution in [0.2, 0.25) is 0 Å². The van der Waals surface area contributed by atoms with Gasteiger partial charge in [-0.15, -0.1) is 0 Å². The van der Waals surface area contributed by atoms with Gasteiger partial charge in [-0.3, -0.25) is 4.79 Å². The summed E-state index contributed by atoms with van der Waals surface area (Å²) in [6, 6.07) is 10.3. The molecule has 0 aliphatic carbocycles. The van der Waals surface area contributed by atoms with Crippen molar-refractivity contribution in [2.75, 3.05) is 43.5 Å². The van der Waals surface area contributed by atoms with Crippen molar-refractivity contribution < 1.29 is 54.5 Å². The van der Waals surface area contributed by atoms with E-state index < -0.39 is 71.9 Å². The summed E-state index contributed by atoms with van der Waals surface area (Å²) in [6.07, 6.45) is -6.49. The van der Waals surface area contributed by atoms with Gasteiger partial charge in [-0.25, -0.2) is 22.4 Å². The lowest BCUT2D eigenvalue weighted by Crippen LogP contribution is -2.51. The van der Waals surface area contributed by atoms with Crippen LogP contribution in [0.25, 0.3) is 0 Å². The van der Waals surface area contributed by atoms with Gasteiger partial charge in [0.25, 0.3) is 0 Å². The lowest BCUT2D eigenvalue weighted by atomic mass is 10.0. The number of hydrogen-bond acceptors (Lipinski definition) is 7. The number of carbonyl (C=O) groups is 2. The van der Waals surface area contributed by atoms with Crippen LogP contribution in [0.3, 0.4) is 0 Å². The number of hydrogen-bond donors (Lipinski definition) is 4. The summed E-state index contributed by atoms with van der Waals surface area (Å²) in [5.41, 5.74) is 0.608. The Hall–Kier alpha value is -4.57. The zero-order valence-corrected chi connectivity index (χ0v) is 23.9. The molecule has 1 aliphatic heterocycles. The van der Waals surface area contributed by atoms with E-state index in [4.69, 9.17) is 14.2 Å². The summed E-state index contributed by atoms with van der Waals surface area (Å²) in [6.45, 7) is -2.00. The maximum Gasteiger partial charge on any atom is 0.407 e. The average Bonchev–Trinajstić information content (AvgIpc) is 3.00. The minimum absolute atomic E-state index is 0.0218. The molecule has 1 heterocycles. The molecule has 1 saturated heterocycles. The van der Waals surface area contributed by atoms with Crippen molar-refractivity contribution in [3.63, 3.8) is 0 Å². The van der Waals surface area contributed by atoms with Crippen LogP contribution < -0.4 is 26.0 Å². The van der Waals surface area contributed by atoms with Gasteiger partial charge in [0, 0.05) is 30.8 Å². The van der Waals surface area contributed by atoms with E-state index in [0.29, 0.717) is 17.3 Å². The molecule has 248 valence electrons. The van der Waals surface area contributed by atoms with Crippen LogP contribution >= 0.6 is 0 Å². The number of alkyl halides is 3. The molecule has 2 amide bonds. The SMILES string of the molecule is O=C(NCC(F)(F)F)OC[C@@H]1CO[C@H](COc2c(F)cc(F)cc2NC(=O)[C@H](Cc2ccc(F)cc2)Nc2ccc(F)cc2)CN1. The van der Waals surface area contributed by atoms with Gasteiger partial charge < -0.3 is 35.5 Å². The standard InChI is InChI=1S/C30H29F7N4O5/c31-18-3-1-17(2-4-18)9-26(40-21-7-5-19(32)6-8-21)28(42)41-25-11-20(33)10-24(34)27(25)45-15-23-12-38-22(13-44-23)14-46-29(43)39-16-30(35,36)37/h1-8,10-11,22-23,26,38,40H,9,12-16H2,(H,39,43)(H,41,42)/t22-,23-,26-/m0/s1. The first kappa shape index (κ1) is 34.3. The number of morpholine rings is 1. The van der Waals surface area contributed by atoms with Crippen molar-refractivity contribution in [1.82, 2.24) is 10.6 Å². The fourth-order valence-corrected chi connectivity index (χ4v) is 4.29. The third kappa shape index (κ3) is 10.8. The molecule has 16 heteroatoms. The Morgan fingerprint density at radius 1 is 0.935 bits per heavy atom. The van der Waals surface area contributed by atoms with E-state index in [2.05, 4.69) is 16.0 Å². The third-order valence-corrected chi connectivity index (χ3v) is 6.55. The van der Waals surface area contributed by atoms with Gasteiger partial charge in [0.2, 0.25) is 5.91 Å². The molecule has 4 rings (SSSR count). The second-order valence-electron chi connectivity index (χ2n) is 10.2. The van der Waals surface area contributed by atoms with Gasteiger partial charge in [-0.05, 0) is 42.0 Å². The van der Waals surface area contributed by atoms with Crippen LogP contribution in [-0.2, 0) is 20.7 Å². The maximum absolute atomic E-state index is 14.9. The molecule has 0 bridgehead atoms. The average molecular weight is 659 g/mol. The first-order valence-electron chi connectivity index (χ1n) is 13.9. The molecule has 1 aliphatic rings. The van der Waals surface area contributed by atoms with Crippen LogP contribution in [0.5, 0.6) is 5.75 Å². The monoisotopic (exact) mass is 658 g/mol. The molecule has 0 aromatic heterocycles. The quantitative estimate of drug-likeness (QED) is 0.205. The highest BCUT2D eigenvalue weighted by Gasteiger charge is 2.29. The van der Waals surface area contributed by atoms with Gasteiger partial charge in [0.15, 0.2) is 11.6 Å². The number of benzene rings is 3. The van der Waals surface area contributed by atoms with Crippen molar-refractivity contribution >= 4 is 23.4 Å². The number of rotatable bonds is 12. The largest absolute Gasteiger partial charge is 0.486 e. The summed E-state index contributed by atoms with van der Waals surface area (Å²) in [5.74, 6) is -4.32. The smallest absolute Gasteiger partial charge is 0.407 e. The van der Waals surface area contributed by atoms with Crippen LogP contribution in [0.4, 0.5) is 46.9 Å². The molecule has 9 nitrogen and oxygen atoms in total. The van der Waals surface area contributed by atoms with E-state index in [1.807, 2.05) is 0 Å². The van der Waals surface area contributed by atoms with E-state index in [9.17, 15) is 40.3 Å². The molecule has 0 spiro atoms. The Kier molecular flexibility index (Phi) is 11.7. The molecule has 3 aromatic rings. The molecule has 3 atom stereocenters. The summed E-state index contributed by atoms with van der Waals surface area (Å²) in [4.78, 5) is 24.8. The Balaban J connectivity index is 1.37. The number of halogens is 7. The summed E-state index contributed by atoms with van der Waals surface area (Å²) in [7, 11) is 0. The van der Waals surface area contributed by atoms with E-state index in [-0.39, 0.29) is 38.5 Å². The third-order valence-electron chi connectivity index (χ3n) is 6.55. The minimum Gasteiger partial charge on any atom is -0.486 e.